The number of aryl methyl sites for hydroxylation is 2. The van der Waals surface area contributed by atoms with Crippen molar-refractivity contribution in [2.24, 2.45) is 5.92 Å². The smallest absolute Gasteiger partial charge is 0.0900 e. The number of hydrogen-bond acceptors (Lipinski definition) is 4. The number of hydrogen-bond donors (Lipinski definition) is 1. The van der Waals surface area contributed by atoms with Crippen LogP contribution in [0.3, 0.4) is 0 Å². The molecule has 1 aromatic rings. The van der Waals surface area contributed by atoms with Crippen LogP contribution in [0.5, 0.6) is 0 Å². The third-order valence-corrected chi connectivity index (χ3v) is 4.31. The molecule has 1 atom stereocenters. The highest BCUT2D eigenvalue weighted by Gasteiger charge is 2.17. The Hall–Kier alpha value is -0.450. The first-order chi connectivity index (χ1) is 8.16. The molecule has 0 bridgehead atoms. The van der Waals surface area contributed by atoms with Crippen molar-refractivity contribution in [1.29, 1.82) is 0 Å². The SMILES string of the molecule is Cc1nc(C(C)NCC2CCOCC2)c(C)s1. The summed E-state index contributed by atoms with van der Waals surface area (Å²) in [4.78, 5) is 5.95. The van der Waals surface area contributed by atoms with E-state index < -0.39 is 0 Å². The minimum Gasteiger partial charge on any atom is -0.381 e. The van der Waals surface area contributed by atoms with E-state index in [-0.39, 0.29) is 0 Å². The lowest BCUT2D eigenvalue weighted by Crippen LogP contribution is -2.30. The summed E-state index contributed by atoms with van der Waals surface area (Å²) in [7, 11) is 0. The molecule has 2 rings (SSSR count). The van der Waals surface area contributed by atoms with Crippen LogP contribution in [-0.2, 0) is 4.74 Å². The number of thiazole rings is 1. The Morgan fingerprint density at radius 1 is 1.41 bits per heavy atom. The minimum atomic E-state index is 0.364. The maximum Gasteiger partial charge on any atom is 0.0900 e. The highest BCUT2D eigenvalue weighted by atomic mass is 32.1. The van der Waals surface area contributed by atoms with Crippen molar-refractivity contribution in [3.05, 3.63) is 15.6 Å². The highest BCUT2D eigenvalue weighted by Crippen LogP contribution is 2.23. The summed E-state index contributed by atoms with van der Waals surface area (Å²) < 4.78 is 5.38. The molecule has 0 spiro atoms. The Kier molecular flexibility index (Phi) is 4.54. The highest BCUT2D eigenvalue weighted by molar-refractivity contribution is 7.11. The lowest BCUT2D eigenvalue weighted by atomic mass is 10.00. The molecule has 1 aromatic heterocycles. The van der Waals surface area contributed by atoms with Crippen molar-refractivity contribution in [1.82, 2.24) is 10.3 Å². The average molecular weight is 254 g/mol. The van der Waals surface area contributed by atoms with Crippen LogP contribution in [0.4, 0.5) is 0 Å². The van der Waals surface area contributed by atoms with Gasteiger partial charge in [0, 0.05) is 24.1 Å². The zero-order chi connectivity index (χ0) is 12.3. The zero-order valence-electron chi connectivity index (χ0n) is 11.0. The van der Waals surface area contributed by atoms with Gasteiger partial charge in [-0.15, -0.1) is 11.3 Å². The second-order valence-electron chi connectivity index (χ2n) is 4.86. The fourth-order valence-electron chi connectivity index (χ4n) is 2.34. The lowest BCUT2D eigenvalue weighted by Gasteiger charge is -2.24. The minimum absolute atomic E-state index is 0.364. The Morgan fingerprint density at radius 3 is 2.71 bits per heavy atom. The summed E-state index contributed by atoms with van der Waals surface area (Å²) in [5.41, 5.74) is 1.22. The molecule has 0 radical (unpaired) electrons. The third kappa shape index (κ3) is 3.50. The first kappa shape index (κ1) is 13.0. The number of ether oxygens (including phenoxy) is 1. The van der Waals surface area contributed by atoms with Gasteiger partial charge in [0.2, 0.25) is 0 Å². The standard InChI is InChI=1S/C13H22N2OS/c1-9(13-10(2)17-11(3)15-13)14-8-12-4-6-16-7-5-12/h9,12,14H,4-8H2,1-3H3. The van der Waals surface area contributed by atoms with Gasteiger partial charge < -0.3 is 10.1 Å². The van der Waals surface area contributed by atoms with Crippen molar-refractivity contribution >= 4 is 11.3 Å². The van der Waals surface area contributed by atoms with E-state index in [1.54, 1.807) is 11.3 Å². The summed E-state index contributed by atoms with van der Waals surface area (Å²) >= 11 is 1.79. The van der Waals surface area contributed by atoms with Crippen molar-refractivity contribution in [3.8, 4) is 0 Å². The number of rotatable bonds is 4. The molecule has 2 heterocycles. The van der Waals surface area contributed by atoms with Crippen LogP contribution in [0.1, 0.15) is 41.4 Å². The maximum absolute atomic E-state index is 5.38. The molecule has 0 aliphatic carbocycles. The first-order valence-corrected chi connectivity index (χ1v) is 7.23. The van der Waals surface area contributed by atoms with E-state index in [1.165, 1.54) is 23.4 Å². The summed E-state index contributed by atoms with van der Waals surface area (Å²) in [5, 5.41) is 4.78. The lowest BCUT2D eigenvalue weighted by molar-refractivity contribution is 0.0656. The molecule has 0 aromatic carbocycles. The van der Waals surface area contributed by atoms with Crippen LogP contribution in [0, 0.1) is 19.8 Å². The van der Waals surface area contributed by atoms with Crippen LogP contribution >= 0.6 is 11.3 Å². The second-order valence-corrected chi connectivity index (χ2v) is 6.27. The number of aromatic nitrogens is 1. The largest absolute Gasteiger partial charge is 0.381 e. The summed E-state index contributed by atoms with van der Waals surface area (Å²) in [6.45, 7) is 9.38. The predicted molar refractivity (Wildman–Crippen MR) is 71.5 cm³/mol. The van der Waals surface area contributed by atoms with Crippen LogP contribution in [-0.4, -0.2) is 24.7 Å². The van der Waals surface area contributed by atoms with Crippen molar-refractivity contribution in [2.45, 2.75) is 39.7 Å². The summed E-state index contributed by atoms with van der Waals surface area (Å²) in [6.07, 6.45) is 2.38. The van der Waals surface area contributed by atoms with E-state index in [4.69, 9.17) is 4.74 Å². The third-order valence-electron chi connectivity index (χ3n) is 3.40. The van der Waals surface area contributed by atoms with E-state index in [2.05, 4.69) is 31.1 Å². The summed E-state index contributed by atoms with van der Waals surface area (Å²) in [6, 6.07) is 0.364. The van der Waals surface area contributed by atoms with E-state index in [0.717, 1.165) is 30.7 Å². The second kappa shape index (κ2) is 5.94. The molecule has 0 amide bonds. The Morgan fingerprint density at radius 2 is 2.12 bits per heavy atom. The molecule has 1 fully saturated rings. The summed E-state index contributed by atoms with van der Waals surface area (Å²) in [5.74, 6) is 0.770. The van der Waals surface area contributed by atoms with Crippen molar-refractivity contribution < 1.29 is 4.74 Å². The molecule has 1 N–H and O–H groups in total. The van der Waals surface area contributed by atoms with Gasteiger partial charge in [-0.25, -0.2) is 4.98 Å². The van der Waals surface area contributed by atoms with Crippen LogP contribution in [0.2, 0.25) is 0 Å². The van der Waals surface area contributed by atoms with E-state index in [9.17, 15) is 0 Å². The van der Waals surface area contributed by atoms with Gasteiger partial charge in [0.1, 0.15) is 0 Å². The van der Waals surface area contributed by atoms with Gasteiger partial charge in [-0.3, -0.25) is 0 Å². The molecule has 4 heteroatoms. The Labute approximate surface area is 108 Å². The van der Waals surface area contributed by atoms with E-state index >= 15 is 0 Å². The Balaban J connectivity index is 1.84. The zero-order valence-corrected chi connectivity index (χ0v) is 11.8. The molecule has 1 saturated heterocycles. The van der Waals surface area contributed by atoms with E-state index in [0.29, 0.717) is 6.04 Å². The molecule has 96 valence electrons. The fraction of sp³-hybridized carbons (Fsp3) is 0.769. The van der Waals surface area contributed by atoms with Gasteiger partial charge in [0.05, 0.1) is 10.7 Å². The quantitative estimate of drug-likeness (QED) is 0.897. The molecule has 1 aliphatic rings. The van der Waals surface area contributed by atoms with Gasteiger partial charge in [0.15, 0.2) is 0 Å². The van der Waals surface area contributed by atoms with Crippen LogP contribution in [0.25, 0.3) is 0 Å². The fourth-order valence-corrected chi connectivity index (χ4v) is 3.25. The molecule has 1 aliphatic heterocycles. The van der Waals surface area contributed by atoms with Gasteiger partial charge in [-0.05, 0) is 46.1 Å². The van der Waals surface area contributed by atoms with Gasteiger partial charge >= 0.3 is 0 Å². The average Bonchev–Trinajstić information content (AvgIpc) is 2.67. The molecular formula is C13H22N2OS. The molecule has 0 saturated carbocycles. The first-order valence-electron chi connectivity index (χ1n) is 6.42. The molecule has 3 nitrogen and oxygen atoms in total. The van der Waals surface area contributed by atoms with Crippen LogP contribution < -0.4 is 5.32 Å². The molecular weight excluding hydrogens is 232 g/mol. The molecule has 17 heavy (non-hydrogen) atoms. The van der Waals surface area contributed by atoms with Gasteiger partial charge in [0.25, 0.3) is 0 Å². The maximum atomic E-state index is 5.38. The van der Waals surface area contributed by atoms with Gasteiger partial charge in [-0.2, -0.15) is 0 Å². The topological polar surface area (TPSA) is 34.2 Å². The normalized spacial score (nSPS) is 19.5. The van der Waals surface area contributed by atoms with Gasteiger partial charge in [-0.1, -0.05) is 0 Å². The van der Waals surface area contributed by atoms with Crippen molar-refractivity contribution in [3.63, 3.8) is 0 Å². The number of nitrogens with one attached hydrogen (secondary N) is 1. The molecule has 1 unspecified atom stereocenters. The Bertz CT molecular complexity index is 358. The number of nitrogens with zero attached hydrogens (tertiary/aromatic N) is 1. The van der Waals surface area contributed by atoms with Crippen LogP contribution in [0.15, 0.2) is 0 Å². The predicted octanol–water partition coefficient (Wildman–Crippen LogP) is 2.84. The van der Waals surface area contributed by atoms with E-state index in [1.807, 2.05) is 0 Å². The van der Waals surface area contributed by atoms with Crippen molar-refractivity contribution in [2.75, 3.05) is 19.8 Å². The monoisotopic (exact) mass is 254 g/mol.